The zero-order valence-electron chi connectivity index (χ0n) is 11.3. The highest BCUT2D eigenvalue weighted by molar-refractivity contribution is 7.09. The van der Waals surface area contributed by atoms with Gasteiger partial charge < -0.3 is 15.3 Å². The number of nitrogens with one attached hydrogen (secondary N) is 1. The highest BCUT2D eigenvalue weighted by atomic mass is 32.1. The molecule has 19 heavy (non-hydrogen) atoms. The minimum atomic E-state index is -0.903. The molecule has 0 aliphatic rings. The summed E-state index contributed by atoms with van der Waals surface area (Å²) in [5.41, 5.74) is 0. The number of aromatic nitrogens is 1. The molecule has 1 aromatic heterocycles. The van der Waals surface area contributed by atoms with Crippen molar-refractivity contribution in [3.63, 3.8) is 0 Å². The quantitative estimate of drug-likeness (QED) is 0.837. The number of carboxylic acids is 1. The second kappa shape index (κ2) is 7.08. The van der Waals surface area contributed by atoms with Crippen molar-refractivity contribution in [3.05, 3.63) is 16.6 Å². The fourth-order valence-corrected chi connectivity index (χ4v) is 2.20. The molecule has 2 amide bonds. The van der Waals surface area contributed by atoms with Crippen LogP contribution in [0.3, 0.4) is 0 Å². The Labute approximate surface area is 116 Å². The molecule has 1 heterocycles. The van der Waals surface area contributed by atoms with Gasteiger partial charge in [-0.3, -0.25) is 4.79 Å². The van der Waals surface area contributed by atoms with Gasteiger partial charge in [0.05, 0.1) is 12.0 Å². The van der Waals surface area contributed by atoms with E-state index in [2.05, 4.69) is 10.3 Å². The zero-order chi connectivity index (χ0) is 14.4. The Kier molecular flexibility index (Phi) is 5.75. The third-order valence-corrected chi connectivity index (χ3v) is 3.70. The van der Waals surface area contributed by atoms with Crippen molar-refractivity contribution >= 4 is 23.3 Å². The van der Waals surface area contributed by atoms with Crippen LogP contribution in [-0.4, -0.2) is 40.1 Å². The number of amides is 2. The van der Waals surface area contributed by atoms with Crippen LogP contribution < -0.4 is 5.32 Å². The summed E-state index contributed by atoms with van der Waals surface area (Å²) >= 11 is 1.47. The summed E-state index contributed by atoms with van der Waals surface area (Å²) in [6.45, 7) is 5.92. The Hall–Kier alpha value is -1.63. The molecular formula is C12H19N3O3S. The molecule has 1 aromatic rings. The third kappa shape index (κ3) is 4.51. The summed E-state index contributed by atoms with van der Waals surface area (Å²) in [5, 5.41) is 14.4. The Morgan fingerprint density at radius 1 is 1.53 bits per heavy atom. The van der Waals surface area contributed by atoms with Gasteiger partial charge in [-0.05, 0) is 13.8 Å². The van der Waals surface area contributed by atoms with Gasteiger partial charge in [0.15, 0.2) is 0 Å². The molecule has 0 saturated heterocycles. The standard InChI is InChI=1S/C12H19N3O3S/c1-4-15(7-8(2)11(16)17)12(18)14-9(3)10-13-5-6-19-10/h5-6,8-9H,4,7H2,1-3H3,(H,14,18)(H,16,17). The predicted octanol–water partition coefficient (Wildman–Crippen LogP) is 1.96. The van der Waals surface area contributed by atoms with E-state index in [0.717, 1.165) is 5.01 Å². The van der Waals surface area contributed by atoms with Crippen molar-refractivity contribution in [2.75, 3.05) is 13.1 Å². The molecule has 0 aromatic carbocycles. The number of aliphatic carboxylic acids is 1. The van der Waals surface area contributed by atoms with Crippen LogP contribution in [0.5, 0.6) is 0 Å². The lowest BCUT2D eigenvalue weighted by atomic mass is 10.2. The van der Waals surface area contributed by atoms with Crippen LogP contribution in [0.1, 0.15) is 31.8 Å². The van der Waals surface area contributed by atoms with Gasteiger partial charge in [-0.25, -0.2) is 9.78 Å². The highest BCUT2D eigenvalue weighted by Gasteiger charge is 2.21. The predicted molar refractivity (Wildman–Crippen MR) is 73.1 cm³/mol. The van der Waals surface area contributed by atoms with Gasteiger partial charge in [-0.1, -0.05) is 6.92 Å². The van der Waals surface area contributed by atoms with Gasteiger partial charge in [0.2, 0.25) is 0 Å². The van der Waals surface area contributed by atoms with Crippen molar-refractivity contribution in [1.82, 2.24) is 15.2 Å². The number of rotatable bonds is 6. The minimum Gasteiger partial charge on any atom is -0.481 e. The molecule has 7 heteroatoms. The Bertz CT molecular complexity index is 422. The molecule has 0 aliphatic heterocycles. The number of urea groups is 1. The first kappa shape index (κ1) is 15.4. The second-order valence-corrected chi connectivity index (χ2v) is 5.25. The van der Waals surface area contributed by atoms with E-state index in [1.165, 1.54) is 16.2 Å². The van der Waals surface area contributed by atoms with Crippen molar-refractivity contribution in [3.8, 4) is 0 Å². The van der Waals surface area contributed by atoms with E-state index >= 15 is 0 Å². The maximum Gasteiger partial charge on any atom is 0.317 e. The lowest BCUT2D eigenvalue weighted by Gasteiger charge is -2.24. The fourth-order valence-electron chi connectivity index (χ4n) is 1.55. The van der Waals surface area contributed by atoms with Gasteiger partial charge in [-0.2, -0.15) is 0 Å². The zero-order valence-corrected chi connectivity index (χ0v) is 12.1. The van der Waals surface area contributed by atoms with Gasteiger partial charge in [0.1, 0.15) is 5.01 Å². The normalized spacial score (nSPS) is 13.6. The van der Waals surface area contributed by atoms with E-state index in [9.17, 15) is 9.59 Å². The molecule has 0 saturated carbocycles. The second-order valence-electron chi connectivity index (χ2n) is 4.32. The lowest BCUT2D eigenvalue weighted by molar-refractivity contribution is -0.141. The van der Waals surface area contributed by atoms with E-state index in [1.54, 1.807) is 13.1 Å². The topological polar surface area (TPSA) is 82.5 Å². The summed E-state index contributed by atoms with van der Waals surface area (Å²) in [6, 6.07) is -0.444. The van der Waals surface area contributed by atoms with Gasteiger partial charge >= 0.3 is 12.0 Å². The molecule has 6 nitrogen and oxygen atoms in total. The van der Waals surface area contributed by atoms with E-state index in [4.69, 9.17) is 5.11 Å². The molecule has 2 N–H and O–H groups in total. The average Bonchev–Trinajstić information content (AvgIpc) is 2.88. The number of thiazole rings is 1. The first-order chi connectivity index (χ1) is 8.95. The number of carbonyl (C=O) groups excluding carboxylic acids is 1. The first-order valence-corrected chi connectivity index (χ1v) is 7.01. The Morgan fingerprint density at radius 3 is 2.68 bits per heavy atom. The van der Waals surface area contributed by atoms with Crippen molar-refractivity contribution in [2.45, 2.75) is 26.8 Å². The summed E-state index contributed by atoms with van der Waals surface area (Å²) in [6.07, 6.45) is 1.69. The maximum atomic E-state index is 12.0. The molecule has 1 rings (SSSR count). The van der Waals surface area contributed by atoms with Gasteiger partial charge in [0.25, 0.3) is 0 Å². The Morgan fingerprint density at radius 2 is 2.21 bits per heavy atom. The maximum absolute atomic E-state index is 12.0. The van der Waals surface area contributed by atoms with Gasteiger partial charge in [-0.15, -0.1) is 11.3 Å². The molecule has 106 valence electrons. The van der Waals surface area contributed by atoms with E-state index in [0.29, 0.717) is 6.54 Å². The van der Waals surface area contributed by atoms with E-state index < -0.39 is 11.9 Å². The number of hydrogen-bond donors (Lipinski definition) is 2. The first-order valence-electron chi connectivity index (χ1n) is 6.13. The molecule has 0 fully saturated rings. The molecule has 0 bridgehead atoms. The summed E-state index contributed by atoms with van der Waals surface area (Å²) in [5.74, 6) is -1.49. The minimum absolute atomic E-state index is 0.179. The largest absolute Gasteiger partial charge is 0.481 e. The van der Waals surface area contributed by atoms with E-state index in [1.807, 2.05) is 19.2 Å². The molecule has 0 aliphatic carbocycles. The number of carbonyl (C=O) groups is 2. The average molecular weight is 285 g/mol. The van der Waals surface area contributed by atoms with Crippen molar-refractivity contribution < 1.29 is 14.7 Å². The Balaban J connectivity index is 2.56. The summed E-state index contributed by atoms with van der Waals surface area (Å²) < 4.78 is 0. The monoisotopic (exact) mass is 285 g/mol. The summed E-state index contributed by atoms with van der Waals surface area (Å²) in [4.78, 5) is 28.5. The molecular weight excluding hydrogens is 266 g/mol. The SMILES string of the molecule is CCN(CC(C)C(=O)O)C(=O)NC(C)c1nccs1. The van der Waals surface area contributed by atoms with E-state index in [-0.39, 0.29) is 18.6 Å². The van der Waals surface area contributed by atoms with Crippen LogP contribution in [0.4, 0.5) is 4.79 Å². The molecule has 0 spiro atoms. The molecule has 2 unspecified atom stereocenters. The smallest absolute Gasteiger partial charge is 0.317 e. The highest BCUT2D eigenvalue weighted by Crippen LogP contribution is 2.15. The van der Waals surface area contributed by atoms with Crippen LogP contribution in [0.25, 0.3) is 0 Å². The van der Waals surface area contributed by atoms with Crippen LogP contribution >= 0.6 is 11.3 Å². The summed E-state index contributed by atoms with van der Waals surface area (Å²) in [7, 11) is 0. The number of carboxylic acid groups (broad SMARTS) is 1. The van der Waals surface area contributed by atoms with Crippen LogP contribution in [-0.2, 0) is 4.79 Å². The molecule has 2 atom stereocenters. The van der Waals surface area contributed by atoms with Crippen molar-refractivity contribution in [2.24, 2.45) is 5.92 Å². The molecule has 0 radical (unpaired) electrons. The number of nitrogens with zero attached hydrogens (tertiary/aromatic N) is 2. The van der Waals surface area contributed by atoms with Gasteiger partial charge in [0, 0.05) is 24.7 Å². The van der Waals surface area contributed by atoms with Crippen molar-refractivity contribution in [1.29, 1.82) is 0 Å². The fraction of sp³-hybridized carbons (Fsp3) is 0.583. The number of hydrogen-bond acceptors (Lipinski definition) is 4. The van der Waals surface area contributed by atoms with Crippen LogP contribution in [0.15, 0.2) is 11.6 Å². The van der Waals surface area contributed by atoms with Crippen LogP contribution in [0, 0.1) is 5.92 Å². The third-order valence-electron chi connectivity index (χ3n) is 2.75. The van der Waals surface area contributed by atoms with Crippen LogP contribution in [0.2, 0.25) is 0 Å². The lowest BCUT2D eigenvalue weighted by Crippen LogP contribution is -2.44.